The van der Waals surface area contributed by atoms with E-state index in [0.29, 0.717) is 16.7 Å². The minimum absolute atomic E-state index is 0.315. The molecule has 0 unspecified atom stereocenters. The second-order valence-corrected chi connectivity index (χ2v) is 4.44. The van der Waals surface area contributed by atoms with Gasteiger partial charge >= 0.3 is 0 Å². The monoisotopic (exact) mass is 264 g/mol. The van der Waals surface area contributed by atoms with E-state index in [4.69, 9.17) is 0 Å². The Morgan fingerprint density at radius 3 is 2.75 bits per heavy atom. The maximum Gasteiger partial charge on any atom is 0.149 e. The Balaban J connectivity index is 2.10. The van der Waals surface area contributed by atoms with Gasteiger partial charge in [0.1, 0.15) is 29.8 Å². The molecule has 0 atom stereocenters. The van der Waals surface area contributed by atoms with Crippen LogP contribution in [-0.2, 0) is 0 Å². The molecular formula is C15H9FN4. The molecule has 0 bridgehead atoms. The summed E-state index contributed by atoms with van der Waals surface area (Å²) in [6.45, 7) is 0. The van der Waals surface area contributed by atoms with Crippen molar-refractivity contribution in [1.82, 2.24) is 19.5 Å². The molecule has 0 N–H and O–H groups in total. The molecule has 0 aliphatic carbocycles. The summed E-state index contributed by atoms with van der Waals surface area (Å²) in [4.78, 5) is 12.6. The first-order chi connectivity index (χ1) is 9.84. The number of rotatable bonds is 1. The van der Waals surface area contributed by atoms with Crippen LogP contribution < -0.4 is 0 Å². The van der Waals surface area contributed by atoms with E-state index in [2.05, 4.69) is 15.0 Å². The van der Waals surface area contributed by atoms with Gasteiger partial charge in [0.25, 0.3) is 0 Å². The van der Waals surface area contributed by atoms with Crippen LogP contribution in [0.3, 0.4) is 0 Å². The lowest BCUT2D eigenvalue weighted by Gasteiger charge is -2.07. The highest BCUT2D eigenvalue weighted by atomic mass is 19.1. The molecule has 0 spiro atoms. The number of hydrogen-bond donors (Lipinski definition) is 0. The van der Waals surface area contributed by atoms with E-state index in [9.17, 15) is 4.39 Å². The van der Waals surface area contributed by atoms with Crippen molar-refractivity contribution in [3.63, 3.8) is 0 Å². The van der Waals surface area contributed by atoms with Crippen molar-refractivity contribution in [1.29, 1.82) is 0 Å². The Bertz CT molecular complexity index is 929. The van der Waals surface area contributed by atoms with Gasteiger partial charge in [-0.2, -0.15) is 0 Å². The first-order valence-corrected chi connectivity index (χ1v) is 6.16. The van der Waals surface area contributed by atoms with Gasteiger partial charge in [0.15, 0.2) is 0 Å². The second-order valence-electron chi connectivity index (χ2n) is 4.44. The maximum atomic E-state index is 13.8. The van der Waals surface area contributed by atoms with Gasteiger partial charge in [0.05, 0.1) is 11.0 Å². The number of aromatic nitrogens is 4. The van der Waals surface area contributed by atoms with E-state index >= 15 is 0 Å². The van der Waals surface area contributed by atoms with E-state index < -0.39 is 0 Å². The standard InChI is InChI=1S/C15H9FN4/c16-11-5-3-4-10-14(11)17-8-18-15(10)20-9-19-12-6-1-2-7-13(12)20/h1-9H. The lowest BCUT2D eigenvalue weighted by atomic mass is 10.2. The van der Waals surface area contributed by atoms with Crippen molar-refractivity contribution in [2.45, 2.75) is 0 Å². The summed E-state index contributed by atoms with van der Waals surface area (Å²) in [5.41, 5.74) is 2.11. The number of nitrogens with zero attached hydrogens (tertiary/aromatic N) is 4. The Morgan fingerprint density at radius 1 is 0.900 bits per heavy atom. The van der Waals surface area contributed by atoms with E-state index in [1.807, 2.05) is 34.9 Å². The highest BCUT2D eigenvalue weighted by Gasteiger charge is 2.11. The minimum atomic E-state index is -0.351. The van der Waals surface area contributed by atoms with Crippen molar-refractivity contribution in [2.24, 2.45) is 0 Å². The third kappa shape index (κ3) is 1.50. The molecule has 0 radical (unpaired) electrons. The Kier molecular flexibility index (Phi) is 2.26. The summed E-state index contributed by atoms with van der Waals surface area (Å²) < 4.78 is 15.7. The van der Waals surface area contributed by atoms with Crippen molar-refractivity contribution in [3.8, 4) is 5.82 Å². The van der Waals surface area contributed by atoms with Crippen molar-refractivity contribution >= 4 is 21.9 Å². The zero-order valence-electron chi connectivity index (χ0n) is 10.4. The normalized spacial score (nSPS) is 11.2. The molecule has 0 aliphatic rings. The number of imidazole rings is 1. The van der Waals surface area contributed by atoms with Gasteiger partial charge in [-0.15, -0.1) is 0 Å². The number of hydrogen-bond acceptors (Lipinski definition) is 3. The van der Waals surface area contributed by atoms with Crippen LogP contribution in [-0.4, -0.2) is 19.5 Å². The van der Waals surface area contributed by atoms with Crippen LogP contribution in [0, 0.1) is 5.82 Å². The molecule has 0 amide bonds. The second kappa shape index (κ2) is 4.09. The fourth-order valence-electron chi connectivity index (χ4n) is 2.36. The van der Waals surface area contributed by atoms with Crippen LogP contribution in [0.1, 0.15) is 0 Å². The molecule has 2 aromatic heterocycles. The number of halogens is 1. The van der Waals surface area contributed by atoms with Gasteiger partial charge in [-0.3, -0.25) is 4.57 Å². The SMILES string of the molecule is Fc1cccc2c(-n3cnc4ccccc43)ncnc12. The molecular weight excluding hydrogens is 255 g/mol. The lowest BCUT2D eigenvalue weighted by Crippen LogP contribution is -1.99. The van der Waals surface area contributed by atoms with Crippen molar-refractivity contribution < 1.29 is 4.39 Å². The average molecular weight is 264 g/mol. The molecule has 0 saturated carbocycles. The molecule has 4 nitrogen and oxygen atoms in total. The zero-order chi connectivity index (χ0) is 13.5. The highest BCUT2D eigenvalue weighted by Crippen LogP contribution is 2.23. The topological polar surface area (TPSA) is 43.6 Å². The lowest BCUT2D eigenvalue weighted by molar-refractivity contribution is 0.636. The Morgan fingerprint density at radius 2 is 1.80 bits per heavy atom. The van der Waals surface area contributed by atoms with Crippen LogP contribution in [0.5, 0.6) is 0 Å². The van der Waals surface area contributed by atoms with E-state index in [-0.39, 0.29) is 5.82 Å². The summed E-state index contributed by atoms with van der Waals surface area (Å²) >= 11 is 0. The molecule has 0 aliphatic heterocycles. The molecule has 4 aromatic rings. The maximum absolute atomic E-state index is 13.8. The predicted molar refractivity (Wildman–Crippen MR) is 74.1 cm³/mol. The van der Waals surface area contributed by atoms with E-state index in [0.717, 1.165) is 11.0 Å². The van der Waals surface area contributed by atoms with Gasteiger partial charge in [-0.25, -0.2) is 19.3 Å². The first kappa shape index (κ1) is 11.0. The predicted octanol–water partition coefficient (Wildman–Crippen LogP) is 3.11. The van der Waals surface area contributed by atoms with Gasteiger partial charge in [-0.05, 0) is 24.3 Å². The number of para-hydroxylation sites is 3. The smallest absolute Gasteiger partial charge is 0.149 e. The van der Waals surface area contributed by atoms with Crippen molar-refractivity contribution in [3.05, 3.63) is 60.9 Å². The summed E-state index contributed by atoms with van der Waals surface area (Å²) in [7, 11) is 0. The summed E-state index contributed by atoms with van der Waals surface area (Å²) in [5.74, 6) is 0.277. The van der Waals surface area contributed by atoms with Gasteiger partial charge in [0.2, 0.25) is 0 Å². The molecule has 5 heteroatoms. The Hall–Kier alpha value is -2.82. The first-order valence-electron chi connectivity index (χ1n) is 6.16. The highest BCUT2D eigenvalue weighted by molar-refractivity contribution is 5.88. The summed E-state index contributed by atoms with van der Waals surface area (Å²) in [6.07, 6.45) is 3.06. The quantitative estimate of drug-likeness (QED) is 0.530. The van der Waals surface area contributed by atoms with Gasteiger partial charge in [-0.1, -0.05) is 18.2 Å². The number of benzene rings is 2. The Labute approximate surface area is 113 Å². The fraction of sp³-hybridized carbons (Fsp3) is 0. The van der Waals surface area contributed by atoms with Crippen LogP contribution in [0.15, 0.2) is 55.1 Å². The van der Waals surface area contributed by atoms with Crippen LogP contribution in [0.25, 0.3) is 27.8 Å². The third-order valence-electron chi connectivity index (χ3n) is 3.28. The molecule has 0 fully saturated rings. The average Bonchev–Trinajstić information content (AvgIpc) is 2.91. The molecule has 2 heterocycles. The zero-order valence-corrected chi connectivity index (χ0v) is 10.4. The summed E-state index contributed by atoms with van der Waals surface area (Å²) in [6, 6.07) is 12.6. The molecule has 20 heavy (non-hydrogen) atoms. The minimum Gasteiger partial charge on any atom is -0.282 e. The van der Waals surface area contributed by atoms with Gasteiger partial charge < -0.3 is 0 Å². The van der Waals surface area contributed by atoms with E-state index in [1.54, 1.807) is 12.4 Å². The van der Waals surface area contributed by atoms with E-state index in [1.165, 1.54) is 12.4 Å². The number of fused-ring (bicyclic) bond motifs is 2. The molecule has 0 saturated heterocycles. The molecule has 2 aromatic carbocycles. The largest absolute Gasteiger partial charge is 0.282 e. The van der Waals surface area contributed by atoms with Crippen LogP contribution in [0.2, 0.25) is 0 Å². The summed E-state index contributed by atoms with van der Waals surface area (Å²) in [5, 5.41) is 0.663. The molecule has 96 valence electrons. The van der Waals surface area contributed by atoms with Crippen LogP contribution >= 0.6 is 0 Å². The fourth-order valence-corrected chi connectivity index (χ4v) is 2.36. The van der Waals surface area contributed by atoms with Crippen LogP contribution in [0.4, 0.5) is 4.39 Å². The third-order valence-corrected chi connectivity index (χ3v) is 3.28. The molecule has 4 rings (SSSR count). The van der Waals surface area contributed by atoms with Gasteiger partial charge in [0, 0.05) is 5.39 Å². The van der Waals surface area contributed by atoms with Crippen molar-refractivity contribution in [2.75, 3.05) is 0 Å².